The second-order valence-electron chi connectivity index (χ2n) is 18.7. The standard InChI is InChI=1S/C53H64/c1-14-34(15-2)38-27-40(35(16-3)17-4)48(30(7)8)53(28-38)45-21-20-39-42-26-37-19-18-36(29(5)6)25-41(37)49(42)52(12,13)51(39)47(45)44-24-33(11)46-32(10)22-31(9)23-43(46)50(44)53/h18-25,27-30,34-35,48H,14-17,26H2,1-13H3. The van der Waals surface area contributed by atoms with Crippen molar-refractivity contribution in [3.05, 3.63) is 127 Å². The minimum absolute atomic E-state index is 0.108. The van der Waals surface area contributed by atoms with Crippen molar-refractivity contribution < 1.29 is 0 Å². The lowest BCUT2D eigenvalue weighted by Gasteiger charge is -2.47. The minimum atomic E-state index is -0.240. The Balaban J connectivity index is 1.53. The molecule has 0 aromatic heterocycles. The van der Waals surface area contributed by atoms with Gasteiger partial charge >= 0.3 is 0 Å². The van der Waals surface area contributed by atoms with E-state index in [1.54, 1.807) is 44.5 Å². The van der Waals surface area contributed by atoms with Gasteiger partial charge in [-0.3, -0.25) is 0 Å². The predicted molar refractivity (Wildman–Crippen MR) is 231 cm³/mol. The maximum absolute atomic E-state index is 2.86. The fourth-order valence-corrected chi connectivity index (χ4v) is 12.4. The van der Waals surface area contributed by atoms with E-state index in [9.17, 15) is 0 Å². The highest BCUT2D eigenvalue weighted by Crippen LogP contribution is 2.67. The van der Waals surface area contributed by atoms with Crippen LogP contribution in [0.5, 0.6) is 0 Å². The zero-order chi connectivity index (χ0) is 37.9. The summed E-state index contributed by atoms with van der Waals surface area (Å²) in [7, 11) is 0. The quantitative estimate of drug-likeness (QED) is 0.172. The van der Waals surface area contributed by atoms with Gasteiger partial charge in [0.05, 0.1) is 0 Å². The Morgan fingerprint density at radius 3 is 2.04 bits per heavy atom. The molecule has 0 amide bonds. The van der Waals surface area contributed by atoms with Crippen molar-refractivity contribution in [3.8, 4) is 11.1 Å². The Kier molecular flexibility index (Phi) is 8.72. The summed E-state index contributed by atoms with van der Waals surface area (Å²) in [4.78, 5) is 0. The molecule has 2 unspecified atom stereocenters. The molecule has 0 N–H and O–H groups in total. The average Bonchev–Trinajstić information content (AvgIpc) is 3.69. The molecule has 4 aliphatic carbocycles. The number of benzene rings is 4. The van der Waals surface area contributed by atoms with Gasteiger partial charge in [0.1, 0.15) is 0 Å². The van der Waals surface area contributed by atoms with Gasteiger partial charge in [-0.15, -0.1) is 0 Å². The van der Waals surface area contributed by atoms with E-state index >= 15 is 0 Å². The van der Waals surface area contributed by atoms with Gasteiger partial charge in [0.2, 0.25) is 0 Å². The van der Waals surface area contributed by atoms with Crippen molar-refractivity contribution in [1.82, 2.24) is 0 Å². The number of aryl methyl sites for hydroxylation is 3. The van der Waals surface area contributed by atoms with Gasteiger partial charge in [-0.05, 0) is 165 Å². The molecule has 0 radical (unpaired) electrons. The third kappa shape index (κ3) is 4.92. The van der Waals surface area contributed by atoms with Crippen molar-refractivity contribution in [1.29, 1.82) is 0 Å². The Bertz CT molecular complexity index is 2270. The largest absolute Gasteiger partial charge is 0.0654 e. The summed E-state index contributed by atoms with van der Waals surface area (Å²) in [6.07, 6.45) is 11.4. The predicted octanol–water partition coefficient (Wildman–Crippen LogP) is 14.9. The van der Waals surface area contributed by atoms with E-state index < -0.39 is 0 Å². The molecule has 0 bridgehead atoms. The van der Waals surface area contributed by atoms with Gasteiger partial charge in [-0.1, -0.05) is 141 Å². The molecule has 0 nitrogen and oxygen atoms in total. The van der Waals surface area contributed by atoms with Gasteiger partial charge in [-0.2, -0.15) is 0 Å². The number of fused-ring (bicyclic) bond motifs is 12. The maximum Gasteiger partial charge on any atom is 0.0474 e. The Morgan fingerprint density at radius 1 is 0.717 bits per heavy atom. The zero-order valence-electron chi connectivity index (χ0n) is 35.2. The van der Waals surface area contributed by atoms with Crippen LogP contribution in [-0.2, 0) is 17.3 Å². The summed E-state index contributed by atoms with van der Waals surface area (Å²) in [5.74, 6) is 2.51. The molecule has 0 fully saturated rings. The molecule has 0 aliphatic heterocycles. The van der Waals surface area contributed by atoms with Gasteiger partial charge < -0.3 is 0 Å². The van der Waals surface area contributed by atoms with Crippen LogP contribution in [0.25, 0.3) is 33.0 Å². The van der Waals surface area contributed by atoms with Crippen molar-refractivity contribution in [2.75, 3.05) is 0 Å². The highest BCUT2D eigenvalue weighted by Gasteiger charge is 2.56. The molecule has 0 saturated carbocycles. The van der Waals surface area contributed by atoms with Crippen LogP contribution < -0.4 is 0 Å². The zero-order valence-corrected chi connectivity index (χ0v) is 35.2. The SMILES string of the molecule is CCC(CC)C1=CC2(c3ccc4c(c3-c3cc(C)c5c(C)cc(C)cc5c32)C(C)(C)C2=C4Cc3ccc(C(C)C)cc32)C(C(C)C)C(C(CC)CC)=C1. The first-order valence-electron chi connectivity index (χ1n) is 21.3. The molecule has 2 atom stereocenters. The normalized spacial score (nSPS) is 20.9. The first-order chi connectivity index (χ1) is 25.2. The van der Waals surface area contributed by atoms with Crippen LogP contribution in [0.2, 0.25) is 0 Å². The van der Waals surface area contributed by atoms with Gasteiger partial charge in [0, 0.05) is 16.7 Å². The highest BCUT2D eigenvalue weighted by molar-refractivity contribution is 6.11. The third-order valence-electron chi connectivity index (χ3n) is 14.6. The smallest absolute Gasteiger partial charge is 0.0474 e. The Morgan fingerprint density at radius 2 is 1.40 bits per heavy atom. The molecule has 0 heteroatoms. The minimum Gasteiger partial charge on any atom is -0.0654 e. The average molecular weight is 701 g/mol. The molecule has 0 heterocycles. The number of rotatable bonds is 8. The van der Waals surface area contributed by atoms with Crippen molar-refractivity contribution in [2.24, 2.45) is 23.7 Å². The number of allylic oxidation sites excluding steroid dienone is 6. The van der Waals surface area contributed by atoms with E-state index in [0.29, 0.717) is 29.6 Å². The van der Waals surface area contributed by atoms with Crippen LogP contribution in [0.4, 0.5) is 0 Å². The summed E-state index contributed by atoms with van der Waals surface area (Å²) < 4.78 is 0. The van der Waals surface area contributed by atoms with Crippen LogP contribution in [0.1, 0.15) is 156 Å². The molecule has 0 saturated heterocycles. The fraction of sp³-hybridized carbons (Fsp3) is 0.472. The van der Waals surface area contributed by atoms with Gasteiger partial charge in [-0.25, -0.2) is 0 Å². The molecule has 1 spiro atoms. The van der Waals surface area contributed by atoms with Crippen LogP contribution in [0.15, 0.2) is 71.8 Å². The number of hydrogen-bond acceptors (Lipinski definition) is 0. The summed E-state index contributed by atoms with van der Waals surface area (Å²) in [6.45, 7) is 31.6. The highest BCUT2D eigenvalue weighted by atomic mass is 14.6. The molecular weight excluding hydrogens is 637 g/mol. The second-order valence-corrected chi connectivity index (χ2v) is 18.7. The molecule has 4 aromatic rings. The summed E-state index contributed by atoms with van der Waals surface area (Å²) in [6, 6.07) is 20.2. The first-order valence-corrected chi connectivity index (χ1v) is 21.3. The third-order valence-corrected chi connectivity index (χ3v) is 14.6. The van der Waals surface area contributed by atoms with E-state index in [4.69, 9.17) is 0 Å². The van der Waals surface area contributed by atoms with Gasteiger partial charge in [0.25, 0.3) is 0 Å². The Hall–Kier alpha value is -3.64. The molecular formula is C53H64. The summed E-state index contributed by atoms with van der Waals surface area (Å²) in [5.41, 5.74) is 24.1. The lowest BCUT2D eigenvalue weighted by Crippen LogP contribution is -2.42. The molecule has 276 valence electrons. The monoisotopic (exact) mass is 701 g/mol. The Labute approximate surface area is 321 Å². The molecule has 4 aliphatic rings. The van der Waals surface area contributed by atoms with E-state index in [2.05, 4.69) is 151 Å². The van der Waals surface area contributed by atoms with Crippen molar-refractivity contribution in [3.63, 3.8) is 0 Å². The van der Waals surface area contributed by atoms with E-state index in [1.165, 1.54) is 81.0 Å². The van der Waals surface area contributed by atoms with E-state index in [0.717, 1.165) is 6.42 Å². The fourth-order valence-electron chi connectivity index (χ4n) is 12.4. The topological polar surface area (TPSA) is 0 Å². The van der Waals surface area contributed by atoms with Crippen LogP contribution >= 0.6 is 0 Å². The maximum atomic E-state index is 2.86. The molecule has 8 rings (SSSR count). The summed E-state index contributed by atoms with van der Waals surface area (Å²) in [5, 5.41) is 2.95. The van der Waals surface area contributed by atoms with Crippen LogP contribution in [-0.4, -0.2) is 0 Å². The number of hydrogen-bond donors (Lipinski definition) is 0. The van der Waals surface area contributed by atoms with Gasteiger partial charge in [0.15, 0.2) is 0 Å². The lowest BCUT2D eigenvalue weighted by molar-refractivity contribution is 0.298. The van der Waals surface area contributed by atoms with Crippen LogP contribution in [0.3, 0.4) is 0 Å². The lowest BCUT2D eigenvalue weighted by atomic mass is 9.55. The van der Waals surface area contributed by atoms with E-state index in [1.807, 2.05) is 0 Å². The summed E-state index contributed by atoms with van der Waals surface area (Å²) >= 11 is 0. The van der Waals surface area contributed by atoms with E-state index in [-0.39, 0.29) is 10.8 Å². The molecule has 53 heavy (non-hydrogen) atoms. The molecule has 4 aromatic carbocycles. The second kappa shape index (κ2) is 12.7. The van der Waals surface area contributed by atoms with Crippen molar-refractivity contribution >= 4 is 21.9 Å². The van der Waals surface area contributed by atoms with Crippen molar-refractivity contribution in [2.45, 2.75) is 139 Å². The van der Waals surface area contributed by atoms with Crippen LogP contribution in [0, 0.1) is 44.4 Å². The first kappa shape index (κ1) is 36.3.